The van der Waals surface area contributed by atoms with Gasteiger partial charge in [0, 0.05) is 6.61 Å². The van der Waals surface area contributed by atoms with Crippen LogP contribution in [0.4, 0.5) is 0 Å². The zero-order chi connectivity index (χ0) is 16.1. The van der Waals surface area contributed by atoms with Crippen LogP contribution in [0.3, 0.4) is 0 Å². The van der Waals surface area contributed by atoms with Gasteiger partial charge in [0.05, 0.1) is 6.61 Å². The highest BCUT2D eigenvalue weighted by molar-refractivity contribution is 5.98. The first kappa shape index (κ1) is 15.8. The third-order valence-corrected chi connectivity index (χ3v) is 3.84. The third-order valence-electron chi connectivity index (χ3n) is 3.84. The lowest BCUT2D eigenvalue weighted by Crippen LogP contribution is -2.24. The predicted molar refractivity (Wildman–Crippen MR) is 85.4 cm³/mol. The number of hydrogen-bond acceptors (Lipinski definition) is 5. The minimum absolute atomic E-state index is 0.0785. The molecule has 2 aromatic carbocycles. The minimum Gasteiger partial charge on any atom is -0.507 e. The molecule has 0 unspecified atom stereocenters. The maximum absolute atomic E-state index is 12.1. The molecule has 0 radical (unpaired) electrons. The average Bonchev–Trinajstić information content (AvgIpc) is 2.59. The first-order chi connectivity index (χ1) is 11.2. The fourth-order valence-corrected chi connectivity index (χ4v) is 2.63. The maximum atomic E-state index is 12.1. The van der Waals surface area contributed by atoms with E-state index >= 15 is 0 Å². The minimum atomic E-state index is -0.554. The molecular formula is C18H20O5. The average molecular weight is 316 g/mol. The lowest BCUT2D eigenvalue weighted by atomic mass is 10.1. The van der Waals surface area contributed by atoms with Crippen LogP contribution < -0.4 is 0 Å². The molecule has 5 heteroatoms. The zero-order valence-electron chi connectivity index (χ0n) is 12.9. The SMILES string of the molecule is O=C(OCCO[C@H]1CCCCO1)c1cc2ccccc2cc1O. The first-order valence-corrected chi connectivity index (χ1v) is 7.86. The van der Waals surface area contributed by atoms with Gasteiger partial charge in [-0.3, -0.25) is 0 Å². The standard InChI is InChI=1S/C18H20O5/c19-16-12-14-6-2-1-5-13(14)11-15(16)18(20)23-10-9-22-17-7-3-4-8-21-17/h1-2,5-6,11-12,17,19H,3-4,7-10H2/t17-/m0/s1. The number of benzene rings is 2. The van der Waals surface area contributed by atoms with E-state index in [1.165, 1.54) is 0 Å². The molecule has 1 atom stereocenters. The number of carbonyl (C=O) groups excluding carboxylic acids is 1. The first-order valence-electron chi connectivity index (χ1n) is 7.86. The van der Waals surface area contributed by atoms with Crippen LogP contribution in [0.15, 0.2) is 36.4 Å². The fourth-order valence-electron chi connectivity index (χ4n) is 2.63. The van der Waals surface area contributed by atoms with Crippen molar-refractivity contribution >= 4 is 16.7 Å². The number of phenolic OH excluding ortho intramolecular Hbond substituents is 1. The van der Waals surface area contributed by atoms with Crippen LogP contribution >= 0.6 is 0 Å². The van der Waals surface area contributed by atoms with E-state index in [0.717, 1.165) is 36.6 Å². The van der Waals surface area contributed by atoms with E-state index in [1.807, 2.05) is 24.3 Å². The number of aromatic hydroxyl groups is 1. The van der Waals surface area contributed by atoms with Crippen molar-refractivity contribution in [3.8, 4) is 5.75 Å². The van der Waals surface area contributed by atoms with Gasteiger partial charge < -0.3 is 19.3 Å². The highest BCUT2D eigenvalue weighted by Crippen LogP contribution is 2.25. The highest BCUT2D eigenvalue weighted by atomic mass is 16.7. The van der Waals surface area contributed by atoms with Crippen LogP contribution in [-0.2, 0) is 14.2 Å². The van der Waals surface area contributed by atoms with E-state index in [1.54, 1.807) is 12.1 Å². The topological polar surface area (TPSA) is 65.0 Å². The monoisotopic (exact) mass is 316 g/mol. The van der Waals surface area contributed by atoms with Crippen molar-refractivity contribution in [3.05, 3.63) is 42.0 Å². The van der Waals surface area contributed by atoms with Crippen molar-refractivity contribution in [2.75, 3.05) is 19.8 Å². The molecule has 1 saturated heterocycles. The summed E-state index contributed by atoms with van der Waals surface area (Å²) in [6, 6.07) is 10.7. The Hall–Kier alpha value is -2.11. The zero-order valence-corrected chi connectivity index (χ0v) is 12.9. The van der Waals surface area contributed by atoms with E-state index < -0.39 is 5.97 Å². The molecule has 0 spiro atoms. The molecule has 2 aromatic rings. The van der Waals surface area contributed by atoms with E-state index in [-0.39, 0.29) is 30.8 Å². The highest BCUT2D eigenvalue weighted by Gasteiger charge is 2.16. The molecule has 1 fully saturated rings. The second kappa shape index (κ2) is 7.44. The summed E-state index contributed by atoms with van der Waals surface area (Å²) in [4.78, 5) is 12.1. The van der Waals surface area contributed by atoms with Crippen molar-refractivity contribution in [1.29, 1.82) is 0 Å². The lowest BCUT2D eigenvalue weighted by Gasteiger charge is -2.22. The normalized spacial score (nSPS) is 18.0. The van der Waals surface area contributed by atoms with Gasteiger partial charge in [0.2, 0.25) is 0 Å². The Bertz CT molecular complexity index is 676. The van der Waals surface area contributed by atoms with Crippen LogP contribution in [0.1, 0.15) is 29.6 Å². The Morgan fingerprint density at radius 1 is 1.17 bits per heavy atom. The molecule has 23 heavy (non-hydrogen) atoms. The van der Waals surface area contributed by atoms with Crippen LogP contribution in [0.5, 0.6) is 5.75 Å². The Morgan fingerprint density at radius 2 is 1.96 bits per heavy atom. The number of phenols is 1. The van der Waals surface area contributed by atoms with Gasteiger partial charge in [-0.05, 0) is 42.2 Å². The molecule has 0 aromatic heterocycles. The number of fused-ring (bicyclic) bond motifs is 1. The van der Waals surface area contributed by atoms with Crippen molar-refractivity contribution < 1.29 is 24.1 Å². The number of ether oxygens (including phenoxy) is 3. The molecule has 0 aliphatic carbocycles. The number of rotatable bonds is 5. The van der Waals surface area contributed by atoms with E-state index in [4.69, 9.17) is 14.2 Å². The quantitative estimate of drug-likeness (QED) is 0.677. The van der Waals surface area contributed by atoms with Gasteiger partial charge in [0.15, 0.2) is 6.29 Å². The van der Waals surface area contributed by atoms with E-state index in [9.17, 15) is 9.90 Å². The Kier molecular flexibility index (Phi) is 5.10. The van der Waals surface area contributed by atoms with Gasteiger partial charge in [-0.2, -0.15) is 0 Å². The number of esters is 1. The summed E-state index contributed by atoms with van der Waals surface area (Å²) < 4.78 is 16.1. The van der Waals surface area contributed by atoms with E-state index in [2.05, 4.69) is 0 Å². The lowest BCUT2D eigenvalue weighted by molar-refractivity contribution is -0.166. The van der Waals surface area contributed by atoms with Crippen molar-refractivity contribution in [2.45, 2.75) is 25.6 Å². The summed E-state index contributed by atoms with van der Waals surface area (Å²) >= 11 is 0. The molecule has 122 valence electrons. The molecule has 1 heterocycles. The second-order valence-electron chi connectivity index (χ2n) is 5.52. The van der Waals surface area contributed by atoms with Crippen LogP contribution in [0, 0.1) is 0 Å². The summed E-state index contributed by atoms with van der Waals surface area (Å²) in [5.41, 5.74) is 0.164. The largest absolute Gasteiger partial charge is 0.507 e. The van der Waals surface area contributed by atoms with Crippen LogP contribution in [0.25, 0.3) is 10.8 Å². The third kappa shape index (κ3) is 4.00. The number of carbonyl (C=O) groups is 1. The van der Waals surface area contributed by atoms with E-state index in [0.29, 0.717) is 0 Å². The Labute approximate surface area is 134 Å². The number of hydrogen-bond donors (Lipinski definition) is 1. The summed E-state index contributed by atoms with van der Waals surface area (Å²) in [7, 11) is 0. The summed E-state index contributed by atoms with van der Waals surface area (Å²) in [5.74, 6) is -0.633. The van der Waals surface area contributed by atoms with Gasteiger partial charge in [-0.1, -0.05) is 24.3 Å². The summed E-state index contributed by atoms with van der Waals surface area (Å²) in [6.45, 7) is 1.13. The van der Waals surface area contributed by atoms with Gasteiger partial charge in [0.1, 0.15) is 17.9 Å². The van der Waals surface area contributed by atoms with Crippen LogP contribution in [-0.4, -0.2) is 37.2 Å². The van der Waals surface area contributed by atoms with Gasteiger partial charge >= 0.3 is 5.97 Å². The second-order valence-corrected chi connectivity index (χ2v) is 5.52. The molecule has 1 N–H and O–H groups in total. The van der Waals surface area contributed by atoms with Crippen LogP contribution in [0.2, 0.25) is 0 Å². The predicted octanol–water partition coefficient (Wildman–Crippen LogP) is 3.25. The molecule has 1 aliphatic rings. The molecule has 0 bridgehead atoms. The van der Waals surface area contributed by atoms with Gasteiger partial charge in [-0.25, -0.2) is 4.79 Å². The molecule has 0 amide bonds. The van der Waals surface area contributed by atoms with Crippen molar-refractivity contribution in [1.82, 2.24) is 0 Å². The van der Waals surface area contributed by atoms with Gasteiger partial charge in [0.25, 0.3) is 0 Å². The Balaban J connectivity index is 1.54. The Morgan fingerprint density at radius 3 is 2.70 bits per heavy atom. The molecule has 3 rings (SSSR count). The molecular weight excluding hydrogens is 296 g/mol. The summed E-state index contributed by atoms with van der Waals surface area (Å²) in [5, 5.41) is 11.7. The van der Waals surface area contributed by atoms with Crippen molar-refractivity contribution in [3.63, 3.8) is 0 Å². The fraction of sp³-hybridized carbons (Fsp3) is 0.389. The molecule has 0 saturated carbocycles. The summed E-state index contributed by atoms with van der Waals surface area (Å²) in [6.07, 6.45) is 2.83. The van der Waals surface area contributed by atoms with Gasteiger partial charge in [-0.15, -0.1) is 0 Å². The molecule has 5 nitrogen and oxygen atoms in total. The smallest absolute Gasteiger partial charge is 0.342 e. The maximum Gasteiger partial charge on any atom is 0.342 e. The van der Waals surface area contributed by atoms with Crippen molar-refractivity contribution in [2.24, 2.45) is 0 Å². The molecule has 1 aliphatic heterocycles.